The van der Waals surface area contributed by atoms with Gasteiger partial charge in [0.25, 0.3) is 0 Å². The summed E-state index contributed by atoms with van der Waals surface area (Å²) in [5, 5.41) is 3.51. The number of carbonyl (C=O) groups is 1. The lowest BCUT2D eigenvalue weighted by molar-refractivity contribution is -0.136. The van der Waals surface area contributed by atoms with E-state index in [9.17, 15) is 4.79 Å². The van der Waals surface area contributed by atoms with E-state index in [-0.39, 0.29) is 5.97 Å². The Bertz CT molecular complexity index is 542. The molecule has 0 unspecified atom stereocenters. The lowest BCUT2D eigenvalue weighted by Crippen LogP contribution is -2.25. The van der Waals surface area contributed by atoms with Crippen molar-refractivity contribution in [3.05, 3.63) is 41.1 Å². The molecule has 3 nitrogen and oxygen atoms in total. The van der Waals surface area contributed by atoms with Crippen molar-refractivity contribution in [2.75, 3.05) is 12.4 Å². The zero-order valence-corrected chi connectivity index (χ0v) is 11.9. The summed E-state index contributed by atoms with van der Waals surface area (Å²) in [6.45, 7) is 0. The molecule has 0 radical (unpaired) electrons. The molecular formula is C17H21NO2. The predicted octanol–water partition coefficient (Wildman–Crippen LogP) is 3.66. The van der Waals surface area contributed by atoms with Gasteiger partial charge in [0, 0.05) is 17.8 Å². The molecule has 0 spiro atoms. The number of carbonyl (C=O) groups excluding carboxylic acids is 1. The van der Waals surface area contributed by atoms with E-state index in [1.807, 2.05) is 12.1 Å². The number of para-hydroxylation sites is 1. The van der Waals surface area contributed by atoms with Crippen molar-refractivity contribution in [2.24, 2.45) is 5.92 Å². The minimum Gasteiger partial charge on any atom is -0.466 e. The first kappa shape index (κ1) is 13.2. The summed E-state index contributed by atoms with van der Waals surface area (Å²) in [6.07, 6.45) is 6.85. The second kappa shape index (κ2) is 5.70. The fourth-order valence-corrected chi connectivity index (χ4v) is 3.35. The first-order valence-corrected chi connectivity index (χ1v) is 7.46. The van der Waals surface area contributed by atoms with Crippen LogP contribution >= 0.6 is 0 Å². The zero-order chi connectivity index (χ0) is 13.9. The normalized spacial score (nSPS) is 19.2. The molecule has 1 aliphatic heterocycles. The lowest BCUT2D eigenvalue weighted by atomic mass is 9.82. The number of rotatable bonds is 2. The molecule has 2 aliphatic rings. The van der Waals surface area contributed by atoms with Crippen LogP contribution in [0.1, 0.15) is 37.7 Å². The maximum atomic E-state index is 12.1. The highest BCUT2D eigenvalue weighted by Crippen LogP contribution is 2.37. The van der Waals surface area contributed by atoms with Gasteiger partial charge in [0.1, 0.15) is 0 Å². The Hall–Kier alpha value is -1.77. The fourth-order valence-electron chi connectivity index (χ4n) is 3.35. The third-order valence-electron chi connectivity index (χ3n) is 4.42. The summed E-state index contributed by atoms with van der Waals surface area (Å²) < 4.78 is 4.99. The molecule has 0 saturated heterocycles. The summed E-state index contributed by atoms with van der Waals surface area (Å²) >= 11 is 0. The third-order valence-corrected chi connectivity index (χ3v) is 4.42. The molecule has 1 aromatic rings. The van der Waals surface area contributed by atoms with Crippen LogP contribution in [0.4, 0.5) is 5.69 Å². The van der Waals surface area contributed by atoms with E-state index in [0.29, 0.717) is 12.3 Å². The highest BCUT2D eigenvalue weighted by Gasteiger charge is 2.28. The van der Waals surface area contributed by atoms with E-state index in [1.165, 1.54) is 44.8 Å². The topological polar surface area (TPSA) is 38.3 Å². The maximum Gasteiger partial charge on any atom is 0.335 e. The summed E-state index contributed by atoms with van der Waals surface area (Å²) in [5.41, 5.74) is 4.24. The highest BCUT2D eigenvalue weighted by atomic mass is 16.5. The summed E-state index contributed by atoms with van der Waals surface area (Å²) in [7, 11) is 1.47. The minimum absolute atomic E-state index is 0.187. The Morgan fingerprint density at radius 1 is 1.20 bits per heavy atom. The van der Waals surface area contributed by atoms with E-state index in [1.54, 1.807) is 0 Å². The van der Waals surface area contributed by atoms with E-state index >= 15 is 0 Å². The van der Waals surface area contributed by atoms with Crippen LogP contribution in [0.25, 0.3) is 0 Å². The van der Waals surface area contributed by atoms with Gasteiger partial charge in [-0.2, -0.15) is 0 Å². The third kappa shape index (κ3) is 2.45. The molecule has 0 bridgehead atoms. The molecule has 1 aromatic carbocycles. The van der Waals surface area contributed by atoms with Gasteiger partial charge in [0.05, 0.1) is 12.7 Å². The van der Waals surface area contributed by atoms with Crippen molar-refractivity contribution < 1.29 is 9.53 Å². The number of hydrogen-bond acceptors (Lipinski definition) is 3. The van der Waals surface area contributed by atoms with Crippen molar-refractivity contribution >= 4 is 11.7 Å². The number of hydrogen-bond donors (Lipinski definition) is 1. The predicted molar refractivity (Wildman–Crippen MR) is 79.4 cm³/mol. The van der Waals surface area contributed by atoms with Gasteiger partial charge >= 0.3 is 5.97 Å². The Morgan fingerprint density at radius 2 is 1.95 bits per heavy atom. The average Bonchev–Trinajstić information content (AvgIpc) is 2.53. The molecule has 1 fully saturated rings. The summed E-state index contributed by atoms with van der Waals surface area (Å²) in [6, 6.07) is 8.21. The van der Waals surface area contributed by atoms with Crippen LogP contribution < -0.4 is 5.32 Å². The van der Waals surface area contributed by atoms with E-state index in [4.69, 9.17) is 4.74 Å². The van der Waals surface area contributed by atoms with Crippen LogP contribution in [0.2, 0.25) is 0 Å². The van der Waals surface area contributed by atoms with Crippen molar-refractivity contribution in [3.63, 3.8) is 0 Å². The number of benzene rings is 1. The van der Waals surface area contributed by atoms with Crippen molar-refractivity contribution in [1.29, 1.82) is 0 Å². The summed E-state index contributed by atoms with van der Waals surface area (Å²) in [5.74, 6) is 0.291. The molecule has 3 heteroatoms. The molecule has 0 atom stereocenters. The first-order valence-electron chi connectivity index (χ1n) is 7.46. The molecule has 0 amide bonds. The summed E-state index contributed by atoms with van der Waals surface area (Å²) in [4.78, 5) is 12.1. The van der Waals surface area contributed by atoms with Crippen LogP contribution in [-0.2, 0) is 16.0 Å². The van der Waals surface area contributed by atoms with Gasteiger partial charge in [0.2, 0.25) is 0 Å². The minimum atomic E-state index is -0.187. The maximum absolute atomic E-state index is 12.1. The van der Waals surface area contributed by atoms with Crippen molar-refractivity contribution in [1.82, 2.24) is 0 Å². The second-order valence-electron chi connectivity index (χ2n) is 5.68. The highest BCUT2D eigenvalue weighted by molar-refractivity contribution is 5.92. The van der Waals surface area contributed by atoms with Gasteiger partial charge in [-0.1, -0.05) is 37.5 Å². The Kier molecular flexibility index (Phi) is 3.77. The fraction of sp³-hybridized carbons (Fsp3) is 0.471. The van der Waals surface area contributed by atoms with Crippen molar-refractivity contribution in [2.45, 2.75) is 38.5 Å². The number of nitrogens with one attached hydrogen (secondary N) is 1. The van der Waals surface area contributed by atoms with E-state index in [2.05, 4.69) is 17.4 Å². The smallest absolute Gasteiger partial charge is 0.335 e. The van der Waals surface area contributed by atoms with Crippen LogP contribution in [-0.4, -0.2) is 13.1 Å². The monoisotopic (exact) mass is 271 g/mol. The zero-order valence-electron chi connectivity index (χ0n) is 11.9. The van der Waals surface area contributed by atoms with Crippen LogP contribution in [0, 0.1) is 5.92 Å². The standard InChI is InChI=1S/C17H21NO2/c1-20-17(19)14-11-13-9-5-6-10-15(13)18-16(14)12-7-3-2-4-8-12/h5-6,9-10,12,18H,2-4,7-8,11H2,1H3. The quantitative estimate of drug-likeness (QED) is 0.834. The Labute approximate surface area is 120 Å². The number of ether oxygens (including phenoxy) is 1. The molecule has 106 valence electrons. The van der Waals surface area contributed by atoms with Crippen LogP contribution in [0.3, 0.4) is 0 Å². The van der Waals surface area contributed by atoms with Crippen LogP contribution in [0.5, 0.6) is 0 Å². The van der Waals surface area contributed by atoms with Crippen LogP contribution in [0.15, 0.2) is 35.5 Å². The van der Waals surface area contributed by atoms with E-state index < -0.39 is 0 Å². The second-order valence-corrected chi connectivity index (χ2v) is 5.68. The molecule has 1 aliphatic carbocycles. The van der Waals surface area contributed by atoms with Gasteiger partial charge in [0.15, 0.2) is 0 Å². The lowest BCUT2D eigenvalue weighted by Gasteiger charge is -2.31. The number of fused-ring (bicyclic) bond motifs is 1. The molecule has 3 rings (SSSR count). The molecule has 20 heavy (non-hydrogen) atoms. The molecule has 1 N–H and O–H groups in total. The Morgan fingerprint density at radius 3 is 2.70 bits per heavy atom. The molecule has 1 saturated carbocycles. The number of anilines is 1. The van der Waals surface area contributed by atoms with Gasteiger partial charge in [-0.15, -0.1) is 0 Å². The first-order chi connectivity index (χ1) is 9.79. The molecule has 0 aromatic heterocycles. The Balaban J connectivity index is 1.96. The van der Waals surface area contributed by atoms with Gasteiger partial charge in [-0.3, -0.25) is 0 Å². The van der Waals surface area contributed by atoms with Crippen molar-refractivity contribution in [3.8, 4) is 0 Å². The van der Waals surface area contributed by atoms with Gasteiger partial charge < -0.3 is 10.1 Å². The molecule has 1 heterocycles. The molecular weight excluding hydrogens is 250 g/mol. The largest absolute Gasteiger partial charge is 0.466 e. The van der Waals surface area contributed by atoms with E-state index in [0.717, 1.165) is 17.0 Å². The average molecular weight is 271 g/mol. The van der Waals surface area contributed by atoms with Gasteiger partial charge in [-0.05, 0) is 30.4 Å². The number of allylic oxidation sites excluding steroid dienone is 1. The van der Waals surface area contributed by atoms with Gasteiger partial charge in [-0.25, -0.2) is 4.79 Å². The number of esters is 1. The SMILES string of the molecule is COC(=O)C1=C(C2CCCCC2)Nc2ccccc2C1. The number of methoxy groups -OCH3 is 1.